The number of carbonyl (C=O) groups is 1. The Morgan fingerprint density at radius 2 is 2.04 bits per heavy atom. The molecular weight excluding hydrogens is 302 g/mol. The first-order valence-corrected chi connectivity index (χ1v) is 9.15. The maximum Gasteiger partial charge on any atom is 0.358 e. The Labute approximate surface area is 143 Å². The molecule has 5 nitrogen and oxygen atoms in total. The summed E-state index contributed by atoms with van der Waals surface area (Å²) in [7, 11) is 0. The number of hydrogen-bond acceptors (Lipinski definition) is 4. The third kappa shape index (κ3) is 3.60. The first-order valence-electron chi connectivity index (χ1n) is 9.15. The largest absolute Gasteiger partial charge is 0.461 e. The Morgan fingerprint density at radius 1 is 1.29 bits per heavy atom. The molecule has 0 aliphatic heterocycles. The smallest absolute Gasteiger partial charge is 0.358 e. The van der Waals surface area contributed by atoms with Gasteiger partial charge in [0, 0.05) is 17.5 Å². The molecule has 0 aromatic carbocycles. The normalized spacial score (nSPS) is 16.0. The van der Waals surface area contributed by atoms with Crippen molar-refractivity contribution in [1.29, 1.82) is 0 Å². The van der Waals surface area contributed by atoms with E-state index in [2.05, 4.69) is 25.0 Å². The molecule has 5 heteroatoms. The first kappa shape index (κ1) is 16.9. The van der Waals surface area contributed by atoms with Crippen molar-refractivity contribution >= 4 is 11.6 Å². The second-order valence-corrected chi connectivity index (χ2v) is 7.06. The van der Waals surface area contributed by atoms with Crippen molar-refractivity contribution in [2.24, 2.45) is 5.92 Å². The van der Waals surface area contributed by atoms with Crippen LogP contribution in [0.2, 0.25) is 0 Å². The molecule has 0 atom stereocenters. The average Bonchev–Trinajstić information content (AvgIpc) is 2.99. The zero-order valence-electron chi connectivity index (χ0n) is 14.9. The van der Waals surface area contributed by atoms with Crippen molar-refractivity contribution in [2.75, 3.05) is 6.61 Å². The summed E-state index contributed by atoms with van der Waals surface area (Å²) in [4.78, 5) is 16.7. The van der Waals surface area contributed by atoms with Crippen LogP contribution in [0.25, 0.3) is 5.65 Å². The van der Waals surface area contributed by atoms with E-state index in [4.69, 9.17) is 9.72 Å². The van der Waals surface area contributed by atoms with Crippen LogP contribution in [0.3, 0.4) is 0 Å². The molecule has 1 aliphatic carbocycles. The van der Waals surface area contributed by atoms with Crippen LogP contribution in [0.15, 0.2) is 12.1 Å². The van der Waals surface area contributed by atoms with Gasteiger partial charge in [0.05, 0.1) is 6.61 Å². The lowest BCUT2D eigenvalue weighted by Gasteiger charge is -2.21. The predicted octanol–water partition coefficient (Wildman–Crippen LogP) is 4.15. The molecule has 130 valence electrons. The van der Waals surface area contributed by atoms with Gasteiger partial charge in [-0.1, -0.05) is 46.0 Å². The fraction of sp³-hybridized carbons (Fsp3) is 0.632. The Morgan fingerprint density at radius 3 is 2.71 bits per heavy atom. The third-order valence-corrected chi connectivity index (χ3v) is 4.81. The highest BCUT2D eigenvalue weighted by Crippen LogP contribution is 2.27. The zero-order chi connectivity index (χ0) is 17.1. The molecule has 1 saturated carbocycles. The first-order chi connectivity index (χ1) is 11.6. The Balaban J connectivity index is 1.94. The van der Waals surface area contributed by atoms with Gasteiger partial charge in [0.2, 0.25) is 0 Å². The van der Waals surface area contributed by atoms with Crippen LogP contribution in [-0.2, 0) is 11.2 Å². The van der Waals surface area contributed by atoms with Crippen LogP contribution < -0.4 is 0 Å². The molecule has 24 heavy (non-hydrogen) atoms. The molecule has 0 spiro atoms. The molecule has 0 amide bonds. The third-order valence-electron chi connectivity index (χ3n) is 4.81. The number of esters is 1. The monoisotopic (exact) mass is 329 g/mol. The number of nitrogens with zero attached hydrogens (tertiary/aromatic N) is 3. The fourth-order valence-electron chi connectivity index (χ4n) is 3.56. The predicted molar refractivity (Wildman–Crippen MR) is 93.3 cm³/mol. The highest BCUT2D eigenvalue weighted by molar-refractivity contribution is 5.88. The van der Waals surface area contributed by atoms with Crippen molar-refractivity contribution in [1.82, 2.24) is 14.6 Å². The van der Waals surface area contributed by atoms with Crippen LogP contribution in [0.1, 0.15) is 80.7 Å². The minimum absolute atomic E-state index is 0.315. The van der Waals surface area contributed by atoms with Crippen molar-refractivity contribution in [3.8, 4) is 0 Å². The zero-order valence-corrected chi connectivity index (χ0v) is 14.9. The Hall–Kier alpha value is -1.91. The second-order valence-electron chi connectivity index (χ2n) is 7.06. The summed E-state index contributed by atoms with van der Waals surface area (Å²) in [5.41, 5.74) is 3.30. The summed E-state index contributed by atoms with van der Waals surface area (Å²) in [6.45, 7) is 6.44. The van der Waals surface area contributed by atoms with E-state index in [1.807, 2.05) is 0 Å². The van der Waals surface area contributed by atoms with Gasteiger partial charge in [-0.05, 0) is 31.2 Å². The van der Waals surface area contributed by atoms with E-state index in [1.54, 1.807) is 17.5 Å². The molecule has 2 aromatic heterocycles. The van der Waals surface area contributed by atoms with Crippen molar-refractivity contribution < 1.29 is 9.53 Å². The second kappa shape index (κ2) is 7.32. The van der Waals surface area contributed by atoms with Gasteiger partial charge in [0.25, 0.3) is 0 Å². The van der Waals surface area contributed by atoms with E-state index in [0.717, 1.165) is 29.4 Å². The molecule has 1 fully saturated rings. The highest BCUT2D eigenvalue weighted by Gasteiger charge is 2.19. The number of aromatic nitrogens is 3. The van der Waals surface area contributed by atoms with Crippen LogP contribution in [0.5, 0.6) is 0 Å². The number of fused-ring (bicyclic) bond motifs is 1. The van der Waals surface area contributed by atoms with Gasteiger partial charge < -0.3 is 4.74 Å². The van der Waals surface area contributed by atoms with E-state index in [0.29, 0.717) is 18.2 Å². The fourth-order valence-corrected chi connectivity index (χ4v) is 3.56. The summed E-state index contributed by atoms with van der Waals surface area (Å²) >= 11 is 0. The summed E-state index contributed by atoms with van der Waals surface area (Å²) in [5.74, 6) is 0.670. The quantitative estimate of drug-likeness (QED) is 0.773. The molecule has 0 unspecified atom stereocenters. The van der Waals surface area contributed by atoms with Gasteiger partial charge >= 0.3 is 5.97 Å². The van der Waals surface area contributed by atoms with E-state index in [1.165, 1.54) is 32.1 Å². The minimum atomic E-state index is -0.383. The highest BCUT2D eigenvalue weighted by atomic mass is 16.5. The molecule has 3 rings (SSSR count). The minimum Gasteiger partial charge on any atom is -0.461 e. The van der Waals surface area contributed by atoms with Gasteiger partial charge in [0.15, 0.2) is 11.3 Å². The van der Waals surface area contributed by atoms with Gasteiger partial charge in [-0.3, -0.25) is 0 Å². The van der Waals surface area contributed by atoms with Crippen molar-refractivity contribution in [3.05, 3.63) is 29.2 Å². The molecule has 0 N–H and O–H groups in total. The van der Waals surface area contributed by atoms with Crippen LogP contribution in [0.4, 0.5) is 0 Å². The van der Waals surface area contributed by atoms with Crippen LogP contribution in [0, 0.1) is 5.92 Å². The van der Waals surface area contributed by atoms with E-state index in [9.17, 15) is 4.79 Å². The van der Waals surface area contributed by atoms with Gasteiger partial charge in [-0.25, -0.2) is 14.3 Å². The van der Waals surface area contributed by atoms with E-state index in [-0.39, 0.29) is 5.97 Å². The average molecular weight is 329 g/mol. The van der Waals surface area contributed by atoms with E-state index >= 15 is 0 Å². The molecule has 2 aromatic rings. The summed E-state index contributed by atoms with van der Waals surface area (Å²) in [6, 6.07) is 3.91. The lowest BCUT2D eigenvalue weighted by molar-refractivity contribution is 0.0519. The van der Waals surface area contributed by atoms with Crippen LogP contribution in [-0.4, -0.2) is 27.2 Å². The number of carbonyl (C=O) groups excluding carboxylic acids is 1. The standard InChI is InChI=1S/C19H27N3O2/c1-4-24-19(23)16-12-18-20-15(10-14-8-6-5-7-9-14)11-17(13(2)3)22(18)21-16/h11-14H,4-10H2,1-3H3. The van der Waals surface area contributed by atoms with Crippen molar-refractivity contribution in [2.45, 2.75) is 65.2 Å². The Kier molecular flexibility index (Phi) is 5.17. The van der Waals surface area contributed by atoms with Gasteiger partial charge in [-0.15, -0.1) is 0 Å². The van der Waals surface area contributed by atoms with Gasteiger partial charge in [-0.2, -0.15) is 5.10 Å². The molecule has 0 bridgehead atoms. The topological polar surface area (TPSA) is 56.5 Å². The number of rotatable bonds is 5. The lowest BCUT2D eigenvalue weighted by atomic mass is 9.86. The van der Waals surface area contributed by atoms with Gasteiger partial charge in [0.1, 0.15) is 0 Å². The number of hydrogen-bond donors (Lipinski definition) is 0. The van der Waals surface area contributed by atoms with Crippen molar-refractivity contribution in [3.63, 3.8) is 0 Å². The molecule has 1 aliphatic rings. The maximum absolute atomic E-state index is 12.0. The molecule has 0 saturated heterocycles. The molecule has 0 radical (unpaired) electrons. The number of ether oxygens (including phenoxy) is 1. The Bertz CT molecular complexity index is 715. The van der Waals surface area contributed by atoms with E-state index < -0.39 is 0 Å². The maximum atomic E-state index is 12.0. The molecule has 2 heterocycles. The van der Waals surface area contributed by atoms with Crippen LogP contribution >= 0.6 is 0 Å². The summed E-state index contributed by atoms with van der Waals surface area (Å²) < 4.78 is 6.86. The SMILES string of the molecule is CCOC(=O)c1cc2nc(CC3CCCCC3)cc(C(C)C)n2n1. The lowest BCUT2D eigenvalue weighted by Crippen LogP contribution is -2.12. The summed E-state index contributed by atoms with van der Waals surface area (Å²) in [6.07, 6.45) is 7.67. The summed E-state index contributed by atoms with van der Waals surface area (Å²) in [5, 5.41) is 4.42. The molecular formula is C19H27N3O2.